The van der Waals surface area contributed by atoms with E-state index in [2.05, 4.69) is 17.0 Å². The maximum Gasteiger partial charge on any atom is 0.119 e. The summed E-state index contributed by atoms with van der Waals surface area (Å²) in [5, 5.41) is 1.51. The van der Waals surface area contributed by atoms with Gasteiger partial charge in [-0.1, -0.05) is 23.2 Å². The van der Waals surface area contributed by atoms with E-state index in [0.717, 1.165) is 33.2 Å². The number of nitrogens with zero attached hydrogens (tertiary/aromatic N) is 1. The number of anilines is 1. The van der Waals surface area contributed by atoms with E-state index < -0.39 is 0 Å². The number of halogens is 2. The minimum absolute atomic E-state index is 0.754. The van der Waals surface area contributed by atoms with Gasteiger partial charge in [-0.25, -0.2) is 0 Å². The Morgan fingerprint density at radius 1 is 0.704 bits per heavy atom. The maximum absolute atomic E-state index is 5.98. The van der Waals surface area contributed by atoms with Crippen molar-refractivity contribution in [3.8, 4) is 5.75 Å². The Hall–Kier alpha value is -1.46. The number of methoxy groups -OCH3 is 1. The molecule has 0 heterocycles. The van der Waals surface area contributed by atoms with Crippen LogP contribution in [0, 0.1) is 0 Å². The van der Waals surface area contributed by atoms with Gasteiger partial charge < -0.3 is 9.64 Å². The lowest BCUT2D eigenvalue weighted by molar-refractivity contribution is 0.415. The molecule has 0 aliphatic heterocycles. The summed E-state index contributed by atoms with van der Waals surface area (Å²) in [6, 6.07) is 24.0. The fourth-order valence-electron chi connectivity index (χ4n) is 2.35. The molecule has 0 N–H and O–H groups in total. The topological polar surface area (TPSA) is 12.5 Å². The third-order valence-electron chi connectivity index (χ3n) is 3.84. The van der Waals surface area contributed by atoms with Gasteiger partial charge >= 0.3 is 0 Å². The molecule has 0 aromatic heterocycles. The highest BCUT2D eigenvalue weighted by atomic mass is 35.5. The molecule has 0 unspecified atom stereocenters. The molecule has 0 aliphatic rings. The van der Waals surface area contributed by atoms with Crippen LogP contribution in [-0.4, -0.2) is 18.9 Å². The highest BCUT2D eigenvalue weighted by Crippen LogP contribution is 2.29. The number of hydrogen-bond donors (Lipinski definition) is 0. The van der Waals surface area contributed by atoms with Crippen LogP contribution >= 0.6 is 46.7 Å². The van der Waals surface area contributed by atoms with Gasteiger partial charge in [-0.3, -0.25) is 0 Å². The summed E-state index contributed by atoms with van der Waals surface area (Å²) in [6.07, 6.45) is 0. The van der Waals surface area contributed by atoms with E-state index in [1.54, 1.807) is 30.6 Å². The molecule has 2 nitrogen and oxygen atoms in total. The maximum atomic E-state index is 5.98. The molecule has 140 valence electrons. The molecular weight excluding hydrogens is 417 g/mol. The van der Waals surface area contributed by atoms with Crippen molar-refractivity contribution in [2.75, 3.05) is 23.8 Å². The van der Waals surface area contributed by atoms with Crippen LogP contribution < -0.4 is 9.64 Å². The first-order valence-electron chi connectivity index (χ1n) is 8.30. The van der Waals surface area contributed by atoms with E-state index in [0.29, 0.717) is 0 Å². The van der Waals surface area contributed by atoms with Crippen molar-refractivity contribution in [1.82, 2.24) is 0 Å². The quantitative estimate of drug-likeness (QED) is 0.271. The largest absolute Gasteiger partial charge is 0.497 e. The summed E-state index contributed by atoms with van der Waals surface area (Å²) in [5.74, 6) is 2.51. The Bertz CT molecular complexity index is 790. The molecule has 0 atom stereocenters. The van der Waals surface area contributed by atoms with Gasteiger partial charge in [0.25, 0.3) is 0 Å². The molecule has 0 amide bonds. The van der Waals surface area contributed by atoms with Gasteiger partial charge in [0.15, 0.2) is 0 Å². The highest BCUT2D eigenvalue weighted by Gasteiger charge is 2.09. The zero-order valence-electron chi connectivity index (χ0n) is 14.8. The average molecular weight is 436 g/mol. The molecule has 3 aromatic carbocycles. The van der Waals surface area contributed by atoms with E-state index in [4.69, 9.17) is 27.9 Å². The zero-order chi connectivity index (χ0) is 19.1. The molecule has 0 radical (unpaired) electrons. The van der Waals surface area contributed by atoms with Crippen molar-refractivity contribution in [3.05, 3.63) is 82.8 Å². The summed E-state index contributed by atoms with van der Waals surface area (Å²) in [5.41, 5.74) is 1.15. The van der Waals surface area contributed by atoms with Crippen LogP contribution in [0.2, 0.25) is 10.0 Å². The van der Waals surface area contributed by atoms with Crippen molar-refractivity contribution in [2.24, 2.45) is 0 Å². The second-order valence-electron chi connectivity index (χ2n) is 5.69. The Morgan fingerprint density at radius 3 is 1.56 bits per heavy atom. The number of thioether (sulfide) groups is 2. The van der Waals surface area contributed by atoms with Crippen LogP contribution in [0.5, 0.6) is 5.75 Å². The average Bonchev–Trinajstić information content (AvgIpc) is 2.71. The van der Waals surface area contributed by atoms with Crippen LogP contribution in [0.4, 0.5) is 5.69 Å². The molecular formula is C21H19Cl2NOS2. The molecule has 6 heteroatoms. The Kier molecular flexibility index (Phi) is 7.65. The molecule has 0 aliphatic carbocycles. The van der Waals surface area contributed by atoms with Crippen LogP contribution in [0.1, 0.15) is 0 Å². The number of hydrogen-bond acceptors (Lipinski definition) is 4. The van der Waals surface area contributed by atoms with Crippen molar-refractivity contribution in [2.45, 2.75) is 9.79 Å². The van der Waals surface area contributed by atoms with Gasteiger partial charge in [-0.2, -0.15) is 0 Å². The number of ether oxygens (including phenoxy) is 1. The first-order valence-corrected chi connectivity index (χ1v) is 11.0. The minimum atomic E-state index is 0.754. The summed E-state index contributed by atoms with van der Waals surface area (Å²) in [4.78, 5) is 4.71. The van der Waals surface area contributed by atoms with Gasteiger partial charge in [-0.05, 0) is 72.8 Å². The fraction of sp³-hybridized carbons (Fsp3) is 0.143. The lowest BCUT2D eigenvalue weighted by atomic mass is 10.3. The summed E-state index contributed by atoms with van der Waals surface area (Å²) in [7, 11) is 1.68. The van der Waals surface area contributed by atoms with Crippen LogP contribution in [0.25, 0.3) is 0 Å². The Balaban J connectivity index is 1.70. The smallest absolute Gasteiger partial charge is 0.119 e. The molecule has 27 heavy (non-hydrogen) atoms. The van der Waals surface area contributed by atoms with Crippen molar-refractivity contribution < 1.29 is 4.74 Å². The Labute approximate surface area is 178 Å². The van der Waals surface area contributed by atoms with Crippen molar-refractivity contribution >= 4 is 52.4 Å². The van der Waals surface area contributed by atoms with Gasteiger partial charge in [0.05, 0.1) is 18.9 Å². The highest BCUT2D eigenvalue weighted by molar-refractivity contribution is 8.00. The van der Waals surface area contributed by atoms with E-state index in [1.165, 1.54) is 9.79 Å². The molecule has 0 saturated carbocycles. The third kappa shape index (κ3) is 6.28. The van der Waals surface area contributed by atoms with Crippen LogP contribution in [-0.2, 0) is 0 Å². The predicted molar refractivity (Wildman–Crippen MR) is 120 cm³/mol. The van der Waals surface area contributed by atoms with Gasteiger partial charge in [-0.15, -0.1) is 23.5 Å². The van der Waals surface area contributed by atoms with Crippen molar-refractivity contribution in [3.63, 3.8) is 0 Å². The molecule has 0 saturated heterocycles. The van der Waals surface area contributed by atoms with E-state index in [9.17, 15) is 0 Å². The SMILES string of the molecule is COc1ccc(N(CSc2ccc(Cl)cc2)CSc2ccc(Cl)cc2)cc1. The van der Waals surface area contributed by atoms with Gasteiger partial charge in [0.1, 0.15) is 5.75 Å². The lowest BCUT2D eigenvalue weighted by Crippen LogP contribution is -2.21. The third-order valence-corrected chi connectivity index (χ3v) is 6.44. The Morgan fingerprint density at radius 2 is 1.15 bits per heavy atom. The first kappa shape index (κ1) is 20.3. The number of rotatable bonds is 8. The second kappa shape index (κ2) is 10.2. The minimum Gasteiger partial charge on any atom is -0.497 e. The van der Waals surface area contributed by atoms with Gasteiger partial charge in [0, 0.05) is 25.5 Å². The molecule has 0 fully saturated rings. The molecule has 3 rings (SSSR count). The normalized spacial score (nSPS) is 10.6. The summed E-state index contributed by atoms with van der Waals surface area (Å²) >= 11 is 15.5. The predicted octanol–water partition coefficient (Wildman–Crippen LogP) is 7.31. The van der Waals surface area contributed by atoms with Gasteiger partial charge in [0.2, 0.25) is 0 Å². The monoisotopic (exact) mass is 435 g/mol. The van der Waals surface area contributed by atoms with Crippen molar-refractivity contribution in [1.29, 1.82) is 0 Å². The van der Waals surface area contributed by atoms with E-state index in [1.807, 2.05) is 60.7 Å². The van der Waals surface area contributed by atoms with E-state index in [-0.39, 0.29) is 0 Å². The fourth-order valence-corrected chi connectivity index (χ4v) is 4.46. The first-order chi connectivity index (χ1) is 13.1. The van der Waals surface area contributed by atoms with Crippen LogP contribution in [0.3, 0.4) is 0 Å². The lowest BCUT2D eigenvalue weighted by Gasteiger charge is -2.24. The second-order valence-corrected chi connectivity index (χ2v) is 8.60. The summed E-state index contributed by atoms with van der Waals surface area (Å²) < 4.78 is 5.28. The molecule has 0 spiro atoms. The molecule has 0 bridgehead atoms. The zero-order valence-corrected chi connectivity index (χ0v) is 17.9. The molecule has 3 aromatic rings. The standard InChI is InChI=1S/C21H19Cl2NOS2/c1-25-19-8-6-18(7-9-19)24(14-26-20-10-2-16(22)3-11-20)15-27-21-12-4-17(23)5-13-21/h2-13H,14-15H2,1H3. The van der Waals surface area contributed by atoms with Crippen LogP contribution in [0.15, 0.2) is 82.6 Å². The van der Waals surface area contributed by atoms with E-state index >= 15 is 0 Å². The number of benzene rings is 3. The summed E-state index contributed by atoms with van der Waals surface area (Å²) in [6.45, 7) is 0.